The van der Waals surface area contributed by atoms with Crippen LogP contribution in [0.15, 0.2) is 48.8 Å². The second-order valence-electron chi connectivity index (χ2n) is 5.12. The van der Waals surface area contributed by atoms with Gasteiger partial charge in [0.05, 0.1) is 0 Å². The highest BCUT2D eigenvalue weighted by Gasteiger charge is 2.43. The Hall–Kier alpha value is -2.28. The van der Waals surface area contributed by atoms with Crippen molar-refractivity contribution in [2.24, 2.45) is 7.05 Å². The number of amides is 1. The maximum atomic E-state index is 13.3. The number of hydrogen-bond acceptors (Lipinski definition) is 2. The van der Waals surface area contributed by atoms with Crippen LogP contribution in [0, 0.1) is 0 Å². The smallest absolute Gasteiger partial charge is 0.367 e. The number of halogens is 3. The van der Waals surface area contributed by atoms with Crippen molar-refractivity contribution in [3.63, 3.8) is 0 Å². The van der Waals surface area contributed by atoms with Gasteiger partial charge in [0.25, 0.3) is 5.91 Å². The quantitative estimate of drug-likeness (QED) is 0.917. The fourth-order valence-corrected chi connectivity index (χ4v) is 2.29. The molecule has 0 saturated heterocycles. The maximum Gasteiger partial charge on any atom is 0.412 e. The monoisotopic (exact) mass is 326 g/mol. The van der Waals surface area contributed by atoms with Gasteiger partial charge in [-0.2, -0.15) is 13.2 Å². The number of ether oxygens (including phenoxy) is 1. The topological polar surface area (TPSA) is 43.3 Å². The van der Waals surface area contributed by atoms with E-state index < -0.39 is 24.2 Å². The van der Waals surface area contributed by atoms with Gasteiger partial charge in [0.1, 0.15) is 0 Å². The summed E-state index contributed by atoms with van der Waals surface area (Å²) in [5, 5.41) is 2.03. The zero-order valence-electron chi connectivity index (χ0n) is 12.7. The summed E-state index contributed by atoms with van der Waals surface area (Å²) in [4.78, 5) is 12.3. The highest BCUT2D eigenvalue weighted by molar-refractivity contribution is 5.82. The molecule has 0 saturated carbocycles. The molecule has 2 atom stereocenters. The van der Waals surface area contributed by atoms with Crippen LogP contribution >= 0.6 is 0 Å². The summed E-state index contributed by atoms with van der Waals surface area (Å²) < 4.78 is 46.4. The van der Waals surface area contributed by atoms with Gasteiger partial charge in [-0.15, -0.1) is 0 Å². The van der Waals surface area contributed by atoms with E-state index in [1.807, 2.05) is 5.32 Å². The number of nitrogens with zero attached hydrogens (tertiary/aromatic N) is 1. The minimum absolute atomic E-state index is 0.0312. The van der Waals surface area contributed by atoms with E-state index in [2.05, 4.69) is 0 Å². The molecule has 0 aliphatic heterocycles. The molecule has 0 bridgehead atoms. The molecule has 1 N–H and O–H groups in total. The van der Waals surface area contributed by atoms with E-state index in [1.165, 1.54) is 30.1 Å². The van der Waals surface area contributed by atoms with E-state index in [0.29, 0.717) is 5.56 Å². The first-order chi connectivity index (χ1) is 10.8. The van der Waals surface area contributed by atoms with Crippen molar-refractivity contribution in [3.8, 4) is 0 Å². The summed E-state index contributed by atoms with van der Waals surface area (Å²) in [5.74, 6) is -0.843. The lowest BCUT2D eigenvalue weighted by molar-refractivity contribution is -0.166. The summed E-state index contributed by atoms with van der Waals surface area (Å²) in [6, 6.07) is 7.61. The Morgan fingerprint density at radius 2 is 1.83 bits per heavy atom. The van der Waals surface area contributed by atoms with Crippen LogP contribution < -0.4 is 5.32 Å². The van der Waals surface area contributed by atoms with Gasteiger partial charge in [-0.25, -0.2) is 0 Å². The third kappa shape index (κ3) is 4.13. The molecule has 0 spiro atoms. The molecular weight excluding hydrogens is 309 g/mol. The van der Waals surface area contributed by atoms with Crippen LogP contribution in [0.5, 0.6) is 0 Å². The first-order valence-corrected chi connectivity index (χ1v) is 6.89. The van der Waals surface area contributed by atoms with Gasteiger partial charge in [0.2, 0.25) is 0 Å². The van der Waals surface area contributed by atoms with Crippen molar-refractivity contribution < 1.29 is 22.7 Å². The van der Waals surface area contributed by atoms with Crippen LogP contribution in [0.3, 0.4) is 0 Å². The molecule has 4 nitrogen and oxygen atoms in total. The molecule has 2 rings (SSSR count). The van der Waals surface area contributed by atoms with Crippen molar-refractivity contribution in [1.82, 2.24) is 9.88 Å². The predicted octanol–water partition coefficient (Wildman–Crippen LogP) is 3.13. The third-order valence-corrected chi connectivity index (χ3v) is 3.38. The Labute approximate surface area is 131 Å². The summed E-state index contributed by atoms with van der Waals surface area (Å²) in [7, 11) is 2.89. The Balaban J connectivity index is 2.23. The SMILES string of the molecule is CO[C@@H](C(=O)N[C@H](c1ccn(C)c1)C(F)(F)F)c1ccccc1. The molecule has 1 amide bonds. The van der Waals surface area contributed by atoms with E-state index in [0.717, 1.165) is 0 Å². The first kappa shape index (κ1) is 17.1. The Morgan fingerprint density at radius 1 is 1.17 bits per heavy atom. The second-order valence-corrected chi connectivity index (χ2v) is 5.12. The molecular formula is C16H17F3N2O2. The number of hydrogen-bond donors (Lipinski definition) is 1. The molecule has 0 radical (unpaired) electrons. The van der Waals surface area contributed by atoms with E-state index in [-0.39, 0.29) is 5.56 Å². The van der Waals surface area contributed by atoms with Crippen molar-refractivity contribution in [1.29, 1.82) is 0 Å². The van der Waals surface area contributed by atoms with Crippen molar-refractivity contribution >= 4 is 5.91 Å². The number of nitrogens with one attached hydrogen (secondary N) is 1. The Morgan fingerprint density at radius 3 is 2.30 bits per heavy atom. The zero-order chi connectivity index (χ0) is 17.0. The van der Waals surface area contributed by atoms with Gasteiger partial charge in [-0.3, -0.25) is 4.79 Å². The maximum absolute atomic E-state index is 13.3. The number of aromatic nitrogens is 1. The van der Waals surface area contributed by atoms with E-state index in [9.17, 15) is 18.0 Å². The van der Waals surface area contributed by atoms with Gasteiger partial charge in [0, 0.05) is 32.1 Å². The lowest BCUT2D eigenvalue weighted by Gasteiger charge is -2.24. The predicted molar refractivity (Wildman–Crippen MR) is 78.5 cm³/mol. The van der Waals surface area contributed by atoms with Gasteiger partial charge < -0.3 is 14.6 Å². The molecule has 7 heteroatoms. The number of benzene rings is 1. The number of rotatable bonds is 5. The lowest BCUT2D eigenvalue weighted by Crippen LogP contribution is -2.40. The van der Waals surface area contributed by atoms with E-state index >= 15 is 0 Å². The standard InChI is InChI=1S/C16H17F3N2O2/c1-21-9-8-12(10-21)14(16(17,18)19)20-15(22)13(23-2)11-6-4-3-5-7-11/h3-10,13-14H,1-2H3,(H,20,22)/t13-,14-/m1/s1. The largest absolute Gasteiger partial charge is 0.412 e. The van der Waals surface area contributed by atoms with Crippen LogP contribution in [-0.4, -0.2) is 23.8 Å². The third-order valence-electron chi connectivity index (χ3n) is 3.38. The van der Waals surface area contributed by atoms with Gasteiger partial charge >= 0.3 is 6.18 Å². The number of aryl methyl sites for hydroxylation is 1. The normalized spacial score (nSPS) is 14.3. The number of carbonyl (C=O) groups excluding carboxylic acids is 1. The molecule has 23 heavy (non-hydrogen) atoms. The molecule has 0 aliphatic carbocycles. The minimum atomic E-state index is -4.61. The van der Waals surface area contributed by atoms with E-state index in [1.54, 1.807) is 37.4 Å². The average molecular weight is 326 g/mol. The number of carbonyl (C=O) groups is 1. The molecule has 0 unspecified atom stereocenters. The average Bonchev–Trinajstić information content (AvgIpc) is 2.91. The van der Waals surface area contributed by atoms with Crippen molar-refractivity contribution in [2.75, 3.05) is 7.11 Å². The van der Waals surface area contributed by atoms with Gasteiger partial charge in [-0.05, 0) is 11.6 Å². The fourth-order valence-electron chi connectivity index (χ4n) is 2.29. The molecule has 1 heterocycles. The fraction of sp³-hybridized carbons (Fsp3) is 0.312. The Bertz CT molecular complexity index is 653. The molecule has 0 fully saturated rings. The van der Waals surface area contributed by atoms with Crippen LogP contribution in [-0.2, 0) is 16.6 Å². The zero-order valence-corrected chi connectivity index (χ0v) is 12.7. The second kappa shape index (κ2) is 6.87. The van der Waals surface area contributed by atoms with Gasteiger partial charge in [0.15, 0.2) is 12.1 Å². The van der Waals surface area contributed by atoms with Crippen LogP contribution in [0.1, 0.15) is 23.3 Å². The Kier molecular flexibility index (Phi) is 5.10. The summed E-state index contributed by atoms with van der Waals surface area (Å²) in [6.07, 6.45) is -2.90. The first-order valence-electron chi connectivity index (χ1n) is 6.89. The summed E-state index contributed by atoms with van der Waals surface area (Å²) in [6.45, 7) is 0. The molecule has 2 aromatic rings. The highest BCUT2D eigenvalue weighted by atomic mass is 19.4. The number of methoxy groups -OCH3 is 1. The van der Waals surface area contributed by atoms with Crippen LogP contribution in [0.4, 0.5) is 13.2 Å². The van der Waals surface area contributed by atoms with Crippen LogP contribution in [0.25, 0.3) is 0 Å². The summed E-state index contributed by atoms with van der Waals surface area (Å²) >= 11 is 0. The van der Waals surface area contributed by atoms with Crippen molar-refractivity contribution in [2.45, 2.75) is 18.3 Å². The molecule has 1 aromatic heterocycles. The molecule has 1 aromatic carbocycles. The minimum Gasteiger partial charge on any atom is -0.367 e. The lowest BCUT2D eigenvalue weighted by atomic mass is 10.1. The molecule has 0 aliphatic rings. The van der Waals surface area contributed by atoms with Crippen molar-refractivity contribution in [3.05, 3.63) is 59.9 Å². The van der Waals surface area contributed by atoms with Gasteiger partial charge in [-0.1, -0.05) is 30.3 Å². The number of alkyl halides is 3. The molecule has 124 valence electrons. The van der Waals surface area contributed by atoms with E-state index in [4.69, 9.17) is 4.74 Å². The summed E-state index contributed by atoms with van der Waals surface area (Å²) in [5.41, 5.74) is 0.456. The highest BCUT2D eigenvalue weighted by Crippen LogP contribution is 2.33. The van der Waals surface area contributed by atoms with Crippen LogP contribution in [0.2, 0.25) is 0 Å².